The SMILES string of the molecule is [XeH]C#CCCC(C#C[XeH])CCC#C[XeH]. The predicted octanol–water partition coefficient (Wildman–Crippen LogP) is 0.890. The van der Waals surface area contributed by atoms with Crippen molar-refractivity contribution in [3.8, 4) is 18.9 Å². The third kappa shape index (κ3) is 11.9. The average Bonchev–Trinajstić information content (AvgIpc) is 2.18. The molecule has 0 amide bonds. The summed E-state index contributed by atoms with van der Waals surface area (Å²) in [7, 11) is 0. The van der Waals surface area contributed by atoms with E-state index in [2.05, 4.69) is 159 Å². The van der Waals surface area contributed by atoms with E-state index in [4.69, 9.17) is 0 Å². The molecule has 0 N–H and O–H groups in total. The van der Waals surface area contributed by atoms with E-state index < -0.39 is 0 Å². The summed E-state index contributed by atoms with van der Waals surface area (Å²) in [5.74, 6) is 9.77. The Balaban J connectivity index is 3.89. The molecule has 0 aliphatic carbocycles. The van der Waals surface area contributed by atoms with Gasteiger partial charge in [-0.15, -0.1) is 0 Å². The molecule has 0 spiro atoms. The van der Waals surface area contributed by atoms with Crippen LogP contribution in [0.5, 0.6) is 0 Å². The zero-order valence-corrected chi connectivity index (χ0v) is 14.0. The molecule has 14 heavy (non-hydrogen) atoms. The van der Waals surface area contributed by atoms with Crippen molar-refractivity contribution < 1.29 is 140 Å². The van der Waals surface area contributed by atoms with Gasteiger partial charge in [-0.05, 0) is 0 Å². The second-order valence-corrected chi connectivity index (χ2v) is 4.17. The van der Waals surface area contributed by atoms with Crippen molar-refractivity contribution in [2.24, 2.45) is 5.92 Å². The summed E-state index contributed by atoms with van der Waals surface area (Å²) in [5, 5.41) is 0. The first-order chi connectivity index (χ1) is 6.85. The minimum absolute atomic E-state index is 0.460. The van der Waals surface area contributed by atoms with Crippen LogP contribution in [0.4, 0.5) is 0 Å². The van der Waals surface area contributed by atoms with Crippen LogP contribution in [0.25, 0.3) is 0 Å². The molecule has 0 aromatic carbocycles. The zero-order valence-electron chi connectivity index (χ0n) is 7.54. The van der Waals surface area contributed by atoms with Gasteiger partial charge in [0.05, 0.1) is 0 Å². The van der Waals surface area contributed by atoms with Crippen LogP contribution in [-0.4, -0.2) is 0 Å². The molecule has 0 saturated heterocycles. The summed E-state index contributed by atoms with van der Waals surface area (Å²) < 4.78 is 8.69. The number of rotatable bonds is 4. The fourth-order valence-electron chi connectivity index (χ4n) is 0.953. The molecular weight excluding hydrogens is 526 g/mol. The summed E-state index contributed by atoms with van der Waals surface area (Å²) in [6.45, 7) is 0. The molecular formula is C11H12Xe3. The van der Waals surface area contributed by atoms with Gasteiger partial charge in [-0.3, -0.25) is 0 Å². The molecule has 0 nitrogen and oxygen atoms in total. The van der Waals surface area contributed by atoms with Gasteiger partial charge in [0.15, 0.2) is 0 Å². The molecule has 0 fully saturated rings. The van der Waals surface area contributed by atoms with E-state index in [1.165, 1.54) is 0 Å². The molecule has 0 saturated carbocycles. The quantitative estimate of drug-likeness (QED) is 0.467. The van der Waals surface area contributed by atoms with Crippen LogP contribution >= 0.6 is 0 Å². The van der Waals surface area contributed by atoms with E-state index in [0.717, 1.165) is 25.7 Å². The third-order valence-electron chi connectivity index (χ3n) is 1.63. The van der Waals surface area contributed by atoms with Crippen LogP contribution in [0.15, 0.2) is 0 Å². The van der Waals surface area contributed by atoms with Gasteiger partial charge in [0, 0.05) is 0 Å². The Morgan fingerprint density at radius 1 is 0.786 bits per heavy atom. The van der Waals surface area contributed by atoms with Crippen LogP contribution in [-0.2, 0) is 0 Å². The molecule has 0 bridgehead atoms. The fraction of sp³-hybridized carbons (Fsp3) is 0.455. The van der Waals surface area contributed by atoms with E-state index in [0.29, 0.717) is 5.92 Å². The van der Waals surface area contributed by atoms with Gasteiger partial charge < -0.3 is 0 Å². The van der Waals surface area contributed by atoms with Crippen LogP contribution in [0.3, 0.4) is 0 Å². The van der Waals surface area contributed by atoms with Gasteiger partial charge in [-0.25, -0.2) is 0 Å². The summed E-state index contributed by atoms with van der Waals surface area (Å²) in [6.07, 6.45) is 4.01. The summed E-state index contributed by atoms with van der Waals surface area (Å²) >= 11 is 6.23. The number of hydrogen-bond acceptors (Lipinski definition) is 0. The monoisotopic (exact) mass is 540 g/mol. The van der Waals surface area contributed by atoms with Crippen LogP contribution in [0, 0.1) is 164 Å². The standard InChI is InChI=1S/C11H12Xe3/c12-8-3-1-5-11(7-10-14)6-2-4-9-13/h11-14H,1-2,5-6H2. The van der Waals surface area contributed by atoms with Gasteiger partial charge in [0.25, 0.3) is 0 Å². The number of hydrogen-bond donors (Lipinski definition) is 0. The Hall–Kier alpha value is 3.39. The van der Waals surface area contributed by atoms with Crippen molar-refractivity contribution in [2.45, 2.75) is 25.7 Å². The Kier molecular flexibility index (Phi) is 18.0. The van der Waals surface area contributed by atoms with Gasteiger partial charge >= 0.3 is 190 Å². The second kappa shape index (κ2) is 14.5. The molecule has 0 aliphatic heterocycles. The third-order valence-corrected chi connectivity index (χ3v) is 2.70. The van der Waals surface area contributed by atoms with Gasteiger partial charge in [-0.2, -0.15) is 0 Å². The first-order valence-corrected chi connectivity index (χ1v) is 7.37. The van der Waals surface area contributed by atoms with E-state index in [1.807, 2.05) is 0 Å². The summed E-state index contributed by atoms with van der Waals surface area (Å²) in [6, 6.07) is 0. The van der Waals surface area contributed by atoms with Crippen LogP contribution < -0.4 is 0 Å². The maximum absolute atomic E-state index is 3.20. The van der Waals surface area contributed by atoms with Crippen molar-refractivity contribution in [1.82, 2.24) is 0 Å². The predicted molar refractivity (Wildman–Crippen MR) is 49.5 cm³/mol. The van der Waals surface area contributed by atoms with Gasteiger partial charge in [0.2, 0.25) is 0 Å². The fourth-order valence-corrected chi connectivity index (χ4v) is 1.93. The van der Waals surface area contributed by atoms with Crippen molar-refractivity contribution in [3.63, 3.8) is 0 Å². The Bertz CT molecular complexity index is 290. The molecule has 0 aliphatic rings. The molecule has 0 aromatic rings. The minimum atomic E-state index is 0.460. The molecule has 0 heterocycles. The topological polar surface area (TPSA) is 0 Å². The van der Waals surface area contributed by atoms with E-state index in [9.17, 15) is 0 Å². The summed E-state index contributed by atoms with van der Waals surface area (Å²) in [5.41, 5.74) is 0. The molecule has 3 heteroatoms. The van der Waals surface area contributed by atoms with Crippen molar-refractivity contribution in [2.75, 3.05) is 0 Å². The first kappa shape index (κ1) is 17.4. The zero-order chi connectivity index (χ0) is 10.6. The van der Waals surface area contributed by atoms with E-state index >= 15 is 0 Å². The molecule has 80 valence electrons. The Morgan fingerprint density at radius 3 is 1.64 bits per heavy atom. The van der Waals surface area contributed by atoms with Gasteiger partial charge in [-0.1, -0.05) is 0 Å². The van der Waals surface area contributed by atoms with Crippen molar-refractivity contribution in [3.05, 3.63) is 0 Å². The second-order valence-electron chi connectivity index (χ2n) is 2.56. The summed E-state index contributed by atoms with van der Waals surface area (Å²) in [4.78, 5) is 0. The van der Waals surface area contributed by atoms with Gasteiger partial charge in [0.1, 0.15) is 0 Å². The molecule has 0 rings (SSSR count). The normalized spacial score (nSPS) is 7.93. The van der Waals surface area contributed by atoms with E-state index in [1.54, 1.807) is 0 Å². The Morgan fingerprint density at radius 2 is 1.29 bits per heavy atom. The van der Waals surface area contributed by atoms with Crippen LogP contribution in [0.2, 0.25) is 0 Å². The van der Waals surface area contributed by atoms with Crippen molar-refractivity contribution in [1.29, 1.82) is 0 Å². The maximum atomic E-state index is 3.20. The van der Waals surface area contributed by atoms with E-state index in [-0.39, 0.29) is 0 Å². The van der Waals surface area contributed by atoms with Crippen molar-refractivity contribution >= 4 is 0 Å². The average molecular weight is 538 g/mol. The van der Waals surface area contributed by atoms with Crippen LogP contribution in [0.1, 0.15) is 25.7 Å². The molecule has 0 unspecified atom stereocenters. The molecule has 0 radical (unpaired) electrons. The Labute approximate surface area is 184 Å². The first-order valence-electron chi connectivity index (χ1n) is 4.13. The molecule has 0 atom stereocenters. The molecule has 0 aromatic heterocycles.